The van der Waals surface area contributed by atoms with E-state index in [1.54, 1.807) is 24.5 Å². The lowest BCUT2D eigenvalue weighted by molar-refractivity contribution is -0.154. The van der Waals surface area contributed by atoms with Crippen LogP contribution < -0.4 is 10.6 Å². The van der Waals surface area contributed by atoms with Crippen LogP contribution in [0, 0.1) is 5.82 Å². The first kappa shape index (κ1) is 17.7. The molecule has 0 aliphatic rings. The maximum absolute atomic E-state index is 13.1. The van der Waals surface area contributed by atoms with Crippen molar-refractivity contribution in [1.82, 2.24) is 15.6 Å². The first-order valence-corrected chi connectivity index (χ1v) is 7.11. The Kier molecular flexibility index (Phi) is 5.73. The molecule has 0 aliphatic heterocycles. The van der Waals surface area contributed by atoms with E-state index in [2.05, 4.69) is 10.3 Å². The van der Waals surface area contributed by atoms with Crippen LogP contribution in [0.5, 0.6) is 0 Å². The predicted molar refractivity (Wildman–Crippen MR) is 79.7 cm³/mol. The molecule has 2 amide bonds. The lowest BCUT2D eigenvalue weighted by Gasteiger charge is -2.22. The summed E-state index contributed by atoms with van der Waals surface area (Å²) in [5, 5.41) is 4.23. The molecule has 8 heteroatoms. The van der Waals surface area contributed by atoms with Gasteiger partial charge >= 0.3 is 12.2 Å². The largest absolute Gasteiger partial charge is 0.412 e. The molecule has 2 N–H and O–H groups in total. The van der Waals surface area contributed by atoms with Gasteiger partial charge in [-0.1, -0.05) is 18.2 Å². The molecule has 0 bridgehead atoms. The van der Waals surface area contributed by atoms with Crippen molar-refractivity contribution < 1.29 is 22.4 Å². The third kappa shape index (κ3) is 5.22. The summed E-state index contributed by atoms with van der Waals surface area (Å²) in [5.74, 6) is -0.652. The van der Waals surface area contributed by atoms with Crippen molar-refractivity contribution in [3.05, 3.63) is 65.7 Å². The van der Waals surface area contributed by atoms with Crippen molar-refractivity contribution in [2.45, 2.75) is 18.6 Å². The molecular weight excluding hydrogens is 326 g/mol. The molecule has 1 aromatic carbocycles. The predicted octanol–water partition coefficient (Wildman–Crippen LogP) is 3.37. The Balaban J connectivity index is 1.94. The maximum Gasteiger partial charge on any atom is 0.412 e. The van der Waals surface area contributed by atoms with E-state index in [0.717, 1.165) is 29.8 Å². The summed E-state index contributed by atoms with van der Waals surface area (Å²) in [6.07, 6.45) is -1.05. The molecule has 1 aromatic heterocycles. The minimum atomic E-state index is -4.70. The summed E-state index contributed by atoms with van der Waals surface area (Å²) >= 11 is 0. The number of pyridine rings is 1. The van der Waals surface area contributed by atoms with Crippen molar-refractivity contribution in [1.29, 1.82) is 0 Å². The first-order chi connectivity index (χ1) is 11.4. The second-order valence-electron chi connectivity index (χ2n) is 5.04. The molecule has 0 saturated heterocycles. The van der Waals surface area contributed by atoms with Crippen molar-refractivity contribution in [3.63, 3.8) is 0 Å². The summed E-state index contributed by atoms with van der Waals surface area (Å²) in [5.41, 5.74) is 0.606. The average Bonchev–Trinajstić information content (AvgIpc) is 2.54. The molecule has 1 heterocycles. The van der Waals surface area contributed by atoms with Crippen LogP contribution in [0.3, 0.4) is 0 Å². The van der Waals surface area contributed by atoms with Gasteiger partial charge in [-0.2, -0.15) is 13.2 Å². The smallest absolute Gasteiger partial charge is 0.338 e. The molecule has 0 aliphatic carbocycles. The number of amides is 2. The quantitative estimate of drug-likeness (QED) is 0.820. The van der Waals surface area contributed by atoms with Gasteiger partial charge in [-0.25, -0.2) is 9.18 Å². The second-order valence-corrected chi connectivity index (χ2v) is 5.04. The SMILES string of the molecule is O=C(NCCc1cccnc1)N[C@@H](c1ccc(F)cc1)C(F)(F)F. The number of carbonyl (C=O) groups is 1. The zero-order valence-electron chi connectivity index (χ0n) is 12.5. The lowest BCUT2D eigenvalue weighted by atomic mass is 10.1. The number of benzene rings is 1. The van der Waals surface area contributed by atoms with Gasteiger partial charge in [0.2, 0.25) is 0 Å². The maximum atomic E-state index is 13.1. The lowest BCUT2D eigenvalue weighted by Crippen LogP contribution is -2.44. The van der Waals surface area contributed by atoms with Crippen LogP contribution in [-0.4, -0.2) is 23.7 Å². The number of urea groups is 1. The van der Waals surface area contributed by atoms with Crippen molar-refractivity contribution in [2.75, 3.05) is 6.54 Å². The van der Waals surface area contributed by atoms with E-state index < -0.39 is 24.1 Å². The molecule has 128 valence electrons. The Morgan fingerprint density at radius 2 is 1.88 bits per heavy atom. The summed E-state index contributed by atoms with van der Waals surface area (Å²) in [4.78, 5) is 15.6. The minimum Gasteiger partial charge on any atom is -0.338 e. The number of nitrogens with one attached hydrogen (secondary N) is 2. The van der Waals surface area contributed by atoms with E-state index in [9.17, 15) is 22.4 Å². The Labute approximate surface area is 135 Å². The molecule has 0 spiro atoms. The van der Waals surface area contributed by atoms with E-state index in [0.29, 0.717) is 6.42 Å². The summed E-state index contributed by atoms with van der Waals surface area (Å²) in [6, 6.07) is 4.16. The highest BCUT2D eigenvalue weighted by molar-refractivity contribution is 5.74. The molecule has 4 nitrogen and oxygen atoms in total. The number of hydrogen-bond donors (Lipinski definition) is 2. The highest BCUT2D eigenvalue weighted by Gasteiger charge is 2.41. The molecule has 2 aromatic rings. The Morgan fingerprint density at radius 1 is 1.17 bits per heavy atom. The molecule has 2 rings (SSSR count). The first-order valence-electron chi connectivity index (χ1n) is 7.11. The van der Waals surface area contributed by atoms with Gasteiger partial charge in [-0.05, 0) is 35.7 Å². The Hall–Kier alpha value is -2.64. The number of hydrogen-bond acceptors (Lipinski definition) is 2. The zero-order chi connectivity index (χ0) is 17.6. The van der Waals surface area contributed by atoms with Gasteiger partial charge in [0, 0.05) is 18.9 Å². The number of alkyl halides is 3. The number of halogens is 4. The molecular formula is C16H15F4N3O. The van der Waals surface area contributed by atoms with Gasteiger partial charge < -0.3 is 10.6 Å². The topological polar surface area (TPSA) is 54.0 Å². The van der Waals surface area contributed by atoms with E-state index in [1.807, 2.05) is 5.32 Å². The van der Waals surface area contributed by atoms with E-state index >= 15 is 0 Å². The molecule has 0 fully saturated rings. The normalized spacial score (nSPS) is 12.5. The minimum absolute atomic E-state index is 0.158. The Bertz CT molecular complexity index is 659. The van der Waals surface area contributed by atoms with Crippen LogP contribution in [0.4, 0.5) is 22.4 Å². The van der Waals surface area contributed by atoms with Gasteiger partial charge in [-0.15, -0.1) is 0 Å². The standard InChI is InChI=1S/C16H15F4N3O/c17-13-5-3-12(4-6-13)14(16(18,19)20)23-15(24)22-9-7-11-2-1-8-21-10-11/h1-6,8,10,14H,7,9H2,(H2,22,23,24)/t14-/m0/s1. The average molecular weight is 341 g/mol. The Morgan fingerprint density at radius 3 is 2.46 bits per heavy atom. The monoisotopic (exact) mass is 341 g/mol. The van der Waals surface area contributed by atoms with Crippen LogP contribution in [0.15, 0.2) is 48.8 Å². The van der Waals surface area contributed by atoms with Gasteiger partial charge in [0.15, 0.2) is 6.04 Å². The van der Waals surface area contributed by atoms with Crippen molar-refractivity contribution >= 4 is 6.03 Å². The second kappa shape index (κ2) is 7.76. The van der Waals surface area contributed by atoms with E-state index in [1.165, 1.54) is 0 Å². The third-order valence-corrected chi connectivity index (χ3v) is 3.23. The molecule has 0 saturated carbocycles. The number of aromatic nitrogens is 1. The number of nitrogens with zero attached hydrogens (tertiary/aromatic N) is 1. The van der Waals surface area contributed by atoms with Crippen LogP contribution in [-0.2, 0) is 6.42 Å². The summed E-state index contributed by atoms with van der Waals surface area (Å²) in [6.45, 7) is 0.158. The van der Waals surface area contributed by atoms with Crippen molar-refractivity contribution in [2.24, 2.45) is 0 Å². The van der Waals surface area contributed by atoms with E-state index in [-0.39, 0.29) is 12.1 Å². The molecule has 0 unspecified atom stereocenters. The van der Waals surface area contributed by atoms with Crippen LogP contribution in [0.25, 0.3) is 0 Å². The van der Waals surface area contributed by atoms with Gasteiger partial charge in [-0.3, -0.25) is 4.98 Å². The molecule has 1 atom stereocenters. The van der Waals surface area contributed by atoms with Crippen LogP contribution >= 0.6 is 0 Å². The fourth-order valence-corrected chi connectivity index (χ4v) is 2.06. The van der Waals surface area contributed by atoms with Crippen LogP contribution in [0.1, 0.15) is 17.2 Å². The fraction of sp³-hybridized carbons (Fsp3) is 0.250. The number of rotatable bonds is 5. The van der Waals surface area contributed by atoms with Gasteiger partial charge in [0.1, 0.15) is 5.82 Å². The van der Waals surface area contributed by atoms with Gasteiger partial charge in [0.05, 0.1) is 0 Å². The summed E-state index contributed by atoms with van der Waals surface area (Å²) in [7, 11) is 0. The summed E-state index contributed by atoms with van der Waals surface area (Å²) < 4.78 is 52.2. The fourth-order valence-electron chi connectivity index (χ4n) is 2.06. The molecule has 0 radical (unpaired) electrons. The van der Waals surface area contributed by atoms with Gasteiger partial charge in [0.25, 0.3) is 0 Å². The highest BCUT2D eigenvalue weighted by Crippen LogP contribution is 2.32. The van der Waals surface area contributed by atoms with Crippen LogP contribution in [0.2, 0.25) is 0 Å². The highest BCUT2D eigenvalue weighted by atomic mass is 19.4. The molecule has 24 heavy (non-hydrogen) atoms. The number of carbonyl (C=O) groups excluding carboxylic acids is 1. The van der Waals surface area contributed by atoms with Crippen molar-refractivity contribution in [3.8, 4) is 0 Å². The zero-order valence-corrected chi connectivity index (χ0v) is 12.5. The van der Waals surface area contributed by atoms with E-state index in [4.69, 9.17) is 0 Å². The third-order valence-electron chi connectivity index (χ3n) is 3.23.